The van der Waals surface area contributed by atoms with Gasteiger partial charge in [-0.15, -0.1) is 0 Å². The molecule has 0 amide bonds. The smallest absolute Gasteiger partial charge is 0.174 e. The van der Waals surface area contributed by atoms with Gasteiger partial charge >= 0.3 is 0 Å². The van der Waals surface area contributed by atoms with Crippen molar-refractivity contribution in [3.05, 3.63) is 92.8 Å². The number of nitrogens with zero attached hydrogens (tertiary/aromatic N) is 8. The van der Waals surface area contributed by atoms with E-state index in [0.717, 1.165) is 37.8 Å². The van der Waals surface area contributed by atoms with Gasteiger partial charge in [0.1, 0.15) is 35.2 Å². The van der Waals surface area contributed by atoms with Crippen molar-refractivity contribution in [2.45, 2.75) is 13.1 Å². The molecular formula is C26H21Cl2I3N8O2. The third-order valence-electron chi connectivity index (χ3n) is 5.81. The Hall–Kier alpha value is -2.09. The minimum atomic E-state index is 0.374. The number of benzene rings is 2. The van der Waals surface area contributed by atoms with E-state index in [4.69, 9.17) is 32.7 Å². The maximum atomic E-state index is 6.04. The molecule has 15 heteroatoms. The van der Waals surface area contributed by atoms with Crippen LogP contribution in [0.3, 0.4) is 0 Å². The molecule has 212 valence electrons. The molecule has 0 N–H and O–H groups in total. The number of hydrogen-bond acceptors (Lipinski definition) is 8. The van der Waals surface area contributed by atoms with Crippen LogP contribution in [0.1, 0.15) is 11.1 Å². The van der Waals surface area contributed by atoms with Crippen LogP contribution < -0.4 is 9.47 Å². The summed E-state index contributed by atoms with van der Waals surface area (Å²) in [6.45, 7) is 1.35. The lowest BCUT2D eigenvalue weighted by atomic mass is 10.2. The van der Waals surface area contributed by atoms with Gasteiger partial charge in [0.25, 0.3) is 0 Å². The van der Waals surface area contributed by atoms with Gasteiger partial charge in [-0.1, -0.05) is 47.5 Å². The van der Waals surface area contributed by atoms with Crippen LogP contribution in [0, 0.1) is 3.83 Å². The summed E-state index contributed by atoms with van der Waals surface area (Å²) in [6.07, 6.45) is 4.61. The average molecular weight is 929 g/mol. The highest BCUT2D eigenvalue weighted by atomic mass is 128. The zero-order chi connectivity index (χ0) is 29.4. The molecule has 0 aliphatic heterocycles. The molecule has 4 heterocycles. The van der Waals surface area contributed by atoms with Gasteiger partial charge in [0.15, 0.2) is 25.4 Å². The molecule has 0 fully saturated rings. The molecule has 0 aliphatic rings. The highest BCUT2D eigenvalue weighted by Gasteiger charge is 2.13. The molecule has 0 saturated heterocycles. The van der Waals surface area contributed by atoms with Crippen LogP contribution in [0.25, 0.3) is 22.3 Å². The average Bonchev–Trinajstić information content (AvgIpc) is 3.57. The van der Waals surface area contributed by atoms with Gasteiger partial charge in [0.2, 0.25) is 0 Å². The Balaban J connectivity index is 0.000000178. The number of hydrogen-bond donors (Lipinski definition) is 0. The molecule has 0 spiro atoms. The number of imidazole rings is 2. The predicted octanol–water partition coefficient (Wildman–Crippen LogP) is 7.45. The summed E-state index contributed by atoms with van der Waals surface area (Å²) in [6, 6.07) is 15.8. The van der Waals surface area contributed by atoms with Crippen molar-refractivity contribution in [1.29, 1.82) is 0 Å². The summed E-state index contributed by atoms with van der Waals surface area (Å²) in [5, 5.41) is 0.750. The normalized spacial score (nSPS) is 10.5. The third-order valence-corrected chi connectivity index (χ3v) is 7.19. The zero-order valence-electron chi connectivity index (χ0n) is 21.5. The summed E-state index contributed by atoms with van der Waals surface area (Å²) >= 11 is 18.4. The first-order valence-electron chi connectivity index (χ1n) is 11.7. The van der Waals surface area contributed by atoms with Crippen molar-refractivity contribution in [3.63, 3.8) is 0 Å². The van der Waals surface area contributed by atoms with Crippen LogP contribution >= 0.6 is 83.0 Å². The fourth-order valence-electron chi connectivity index (χ4n) is 3.83. The number of ether oxygens (including phenoxy) is 2. The second-order valence-corrected chi connectivity index (χ2v) is 9.89. The molecule has 6 rings (SSSR count). The molecular weight excluding hydrogens is 908 g/mol. The van der Waals surface area contributed by atoms with E-state index in [1.54, 1.807) is 20.5 Å². The maximum absolute atomic E-state index is 6.04. The van der Waals surface area contributed by atoms with Crippen molar-refractivity contribution in [1.82, 2.24) is 39.0 Å². The molecule has 2 aromatic carbocycles. The number of methoxy groups -OCH3 is 2. The topological polar surface area (TPSA) is 106 Å². The van der Waals surface area contributed by atoms with Crippen LogP contribution in [0.2, 0.25) is 10.3 Å². The largest absolute Gasteiger partial charge is 0.497 e. The van der Waals surface area contributed by atoms with Gasteiger partial charge in [-0.3, -0.25) is 4.57 Å². The molecule has 0 radical (unpaired) electrons. The second kappa shape index (κ2) is 15.4. The van der Waals surface area contributed by atoms with Crippen molar-refractivity contribution in [3.8, 4) is 11.5 Å². The Labute approximate surface area is 282 Å². The molecule has 10 nitrogen and oxygen atoms in total. The fourth-order valence-corrected chi connectivity index (χ4v) is 4.82. The Bertz CT molecular complexity index is 1730. The fraction of sp³-hybridized carbons (Fsp3) is 0.154. The van der Waals surface area contributed by atoms with Crippen molar-refractivity contribution >= 4 is 105 Å². The monoisotopic (exact) mass is 928 g/mol. The minimum absolute atomic E-state index is 0.374. The summed E-state index contributed by atoms with van der Waals surface area (Å²) in [5.41, 5.74) is 5.00. The SMILES string of the molecule is COc1ccc(Cn2c(I)nc3c(Cl)ncnc32)cc1.COc1ccc(Cn2cnc3c(Cl)ncnc32)cc1.II. The van der Waals surface area contributed by atoms with E-state index in [1.165, 1.54) is 12.7 Å². The van der Waals surface area contributed by atoms with Crippen LogP contribution in [-0.4, -0.2) is 53.3 Å². The minimum Gasteiger partial charge on any atom is -0.497 e. The first kappa shape index (κ1) is 31.8. The van der Waals surface area contributed by atoms with E-state index in [-0.39, 0.29) is 0 Å². The van der Waals surface area contributed by atoms with E-state index in [1.807, 2.05) is 57.7 Å². The zero-order valence-corrected chi connectivity index (χ0v) is 29.5. The third kappa shape index (κ3) is 7.85. The van der Waals surface area contributed by atoms with Crippen molar-refractivity contribution in [2.24, 2.45) is 0 Å². The van der Waals surface area contributed by atoms with E-state index >= 15 is 0 Å². The summed E-state index contributed by atoms with van der Waals surface area (Å²) in [4.78, 5) is 25.0. The summed E-state index contributed by atoms with van der Waals surface area (Å²) in [5.74, 6) is 1.67. The van der Waals surface area contributed by atoms with Crippen LogP contribution in [0.15, 0.2) is 67.5 Å². The van der Waals surface area contributed by atoms with Crippen molar-refractivity contribution in [2.75, 3.05) is 14.2 Å². The van der Waals surface area contributed by atoms with Crippen LogP contribution in [0.4, 0.5) is 0 Å². The molecule has 6 aromatic rings. The lowest BCUT2D eigenvalue weighted by Crippen LogP contribution is -2.03. The van der Waals surface area contributed by atoms with Gasteiger partial charge < -0.3 is 14.0 Å². The van der Waals surface area contributed by atoms with Gasteiger partial charge in [0, 0.05) is 59.8 Å². The van der Waals surface area contributed by atoms with Gasteiger partial charge in [-0.2, -0.15) is 0 Å². The first-order chi connectivity index (χ1) is 20.0. The first-order valence-corrected chi connectivity index (χ1v) is 19.8. The molecule has 4 aromatic heterocycles. The number of aromatic nitrogens is 8. The Morgan fingerprint density at radius 1 is 0.683 bits per heavy atom. The van der Waals surface area contributed by atoms with Crippen LogP contribution in [0.5, 0.6) is 11.5 Å². The number of fused-ring (bicyclic) bond motifs is 2. The Morgan fingerprint density at radius 3 is 1.76 bits per heavy atom. The Kier molecular flexibility index (Phi) is 12.0. The van der Waals surface area contributed by atoms with Gasteiger partial charge in [-0.25, -0.2) is 29.9 Å². The van der Waals surface area contributed by atoms with Gasteiger partial charge in [-0.05, 0) is 35.4 Å². The van der Waals surface area contributed by atoms with E-state index in [0.29, 0.717) is 34.4 Å². The maximum Gasteiger partial charge on any atom is 0.174 e. The van der Waals surface area contributed by atoms with Crippen molar-refractivity contribution < 1.29 is 9.47 Å². The molecule has 0 saturated carbocycles. The standard InChI is InChI=1S/C13H10ClIN4O.C13H11ClN4O.I2/c1-20-9-4-2-8(3-5-9)6-19-12-10(18-13(19)15)11(14)16-7-17-12;1-19-10-4-2-9(3-5-10)6-18-8-17-11-12(14)15-7-16-13(11)18;1-2/h2-5,7H,6H2,1H3;2-5,7-8H,6H2,1H3;. The lowest BCUT2D eigenvalue weighted by Gasteiger charge is -2.06. The van der Waals surface area contributed by atoms with E-state index in [9.17, 15) is 0 Å². The van der Waals surface area contributed by atoms with E-state index in [2.05, 4.69) is 89.7 Å². The number of rotatable bonds is 6. The van der Waals surface area contributed by atoms with Gasteiger partial charge in [0.05, 0.1) is 33.6 Å². The highest BCUT2D eigenvalue weighted by Crippen LogP contribution is 2.23. The predicted molar refractivity (Wildman–Crippen MR) is 186 cm³/mol. The second-order valence-electron chi connectivity index (χ2n) is 8.21. The summed E-state index contributed by atoms with van der Waals surface area (Å²) < 4.78 is 15.1. The molecule has 0 unspecified atom stereocenters. The quantitative estimate of drug-likeness (QED) is 0.0965. The molecule has 0 aliphatic carbocycles. The highest BCUT2D eigenvalue weighted by molar-refractivity contribution is 15.0. The van der Waals surface area contributed by atoms with Crippen LogP contribution in [-0.2, 0) is 13.1 Å². The molecule has 0 bridgehead atoms. The molecule has 41 heavy (non-hydrogen) atoms. The van der Waals surface area contributed by atoms with E-state index < -0.39 is 0 Å². The summed E-state index contributed by atoms with van der Waals surface area (Å²) in [7, 11) is 3.30. The Morgan fingerprint density at radius 2 is 1.20 bits per heavy atom. The number of halogens is 5. The molecule has 0 atom stereocenters. The lowest BCUT2D eigenvalue weighted by molar-refractivity contribution is 0.414.